The van der Waals surface area contributed by atoms with E-state index < -0.39 is 0 Å². The van der Waals surface area contributed by atoms with Gasteiger partial charge in [0.05, 0.1) is 6.54 Å². The van der Waals surface area contributed by atoms with Crippen LogP contribution in [0.3, 0.4) is 0 Å². The predicted octanol–water partition coefficient (Wildman–Crippen LogP) is 1.28. The van der Waals surface area contributed by atoms with Gasteiger partial charge in [-0.25, -0.2) is 0 Å². The highest BCUT2D eigenvalue weighted by Crippen LogP contribution is 2.23. The average molecular weight is 380 g/mol. The van der Waals surface area contributed by atoms with Crippen molar-refractivity contribution in [2.45, 2.75) is 19.5 Å². The highest BCUT2D eigenvalue weighted by Gasteiger charge is 2.30. The number of hydrogen-bond donors (Lipinski definition) is 0. The number of rotatable bonds is 3. The summed E-state index contributed by atoms with van der Waals surface area (Å²) in [6.45, 7) is 0.648. The van der Waals surface area contributed by atoms with Crippen LogP contribution < -0.4 is 5.56 Å². The Morgan fingerprint density at radius 2 is 2.00 bits per heavy atom. The zero-order chi connectivity index (χ0) is 19.8. The Bertz CT molecular complexity index is 1130. The number of carbonyl (C=O) groups excluding carboxylic acids is 2. The van der Waals surface area contributed by atoms with Crippen molar-refractivity contribution in [3.8, 4) is 0 Å². The molecule has 0 spiro atoms. The molecule has 144 valence electrons. The molecule has 0 aliphatic carbocycles. The number of fused-ring (bicyclic) bond motifs is 2. The second-order valence-electron chi connectivity index (χ2n) is 7.03. The molecule has 0 fully saturated rings. The smallest absolute Gasteiger partial charge is 0.275 e. The van der Waals surface area contributed by atoms with Gasteiger partial charge in [0.1, 0.15) is 12.3 Å². The van der Waals surface area contributed by atoms with Gasteiger partial charge in [0.2, 0.25) is 5.91 Å². The number of aromatic nitrogens is 2. The van der Waals surface area contributed by atoms with Gasteiger partial charge in [-0.05, 0) is 17.5 Å². The molecule has 8 heteroatoms. The third kappa shape index (κ3) is 3.06. The molecule has 0 saturated heterocycles. The van der Waals surface area contributed by atoms with Crippen LogP contribution in [0, 0.1) is 0 Å². The summed E-state index contributed by atoms with van der Waals surface area (Å²) >= 11 is 0. The molecule has 3 heterocycles. The van der Waals surface area contributed by atoms with Crippen LogP contribution in [-0.4, -0.2) is 52.0 Å². The maximum atomic E-state index is 12.8. The zero-order valence-electron chi connectivity index (χ0n) is 15.7. The van der Waals surface area contributed by atoms with Crippen LogP contribution in [0.15, 0.2) is 45.8 Å². The molecule has 0 saturated carbocycles. The SMILES string of the molecule is CN(C)C(=O)c1noc2c1CN(C(=O)Cn1ccc3ccccc3c1=O)CC2. The molecule has 2 aromatic heterocycles. The third-order valence-electron chi connectivity index (χ3n) is 4.98. The van der Waals surface area contributed by atoms with Crippen LogP contribution in [0.4, 0.5) is 0 Å². The van der Waals surface area contributed by atoms with Crippen LogP contribution in [0.2, 0.25) is 0 Å². The number of nitrogens with zero attached hydrogens (tertiary/aromatic N) is 4. The van der Waals surface area contributed by atoms with E-state index in [0.717, 1.165) is 5.39 Å². The van der Waals surface area contributed by atoms with Crippen molar-refractivity contribution in [2.75, 3.05) is 20.6 Å². The van der Waals surface area contributed by atoms with Crippen LogP contribution in [0.5, 0.6) is 0 Å². The summed E-state index contributed by atoms with van der Waals surface area (Å²) in [6.07, 6.45) is 2.12. The van der Waals surface area contributed by atoms with E-state index in [0.29, 0.717) is 29.7 Å². The second kappa shape index (κ2) is 6.95. The first-order valence-electron chi connectivity index (χ1n) is 9.00. The summed E-state index contributed by atoms with van der Waals surface area (Å²) in [4.78, 5) is 40.8. The first-order chi connectivity index (χ1) is 13.5. The molecular weight excluding hydrogens is 360 g/mol. The largest absolute Gasteiger partial charge is 0.360 e. The molecule has 0 radical (unpaired) electrons. The number of amides is 2. The molecule has 0 unspecified atom stereocenters. The van der Waals surface area contributed by atoms with Crippen molar-refractivity contribution in [3.05, 3.63) is 63.9 Å². The van der Waals surface area contributed by atoms with Gasteiger partial charge in [0.15, 0.2) is 5.69 Å². The lowest BCUT2D eigenvalue weighted by atomic mass is 10.1. The normalized spacial score (nSPS) is 13.4. The molecule has 0 N–H and O–H groups in total. The van der Waals surface area contributed by atoms with Gasteiger partial charge in [-0.3, -0.25) is 14.4 Å². The van der Waals surface area contributed by atoms with Crippen molar-refractivity contribution in [3.63, 3.8) is 0 Å². The summed E-state index contributed by atoms with van der Waals surface area (Å²) in [5, 5.41) is 5.31. The topological polar surface area (TPSA) is 88.7 Å². The van der Waals surface area contributed by atoms with Crippen LogP contribution in [0.1, 0.15) is 21.8 Å². The Morgan fingerprint density at radius 1 is 1.21 bits per heavy atom. The molecule has 8 nitrogen and oxygen atoms in total. The Hall–Kier alpha value is -3.42. The number of pyridine rings is 1. The fraction of sp³-hybridized carbons (Fsp3) is 0.300. The molecule has 28 heavy (non-hydrogen) atoms. The van der Waals surface area contributed by atoms with Crippen molar-refractivity contribution in [1.82, 2.24) is 19.5 Å². The number of benzene rings is 1. The van der Waals surface area contributed by atoms with Crippen molar-refractivity contribution in [2.24, 2.45) is 0 Å². The lowest BCUT2D eigenvalue weighted by molar-refractivity contribution is -0.132. The summed E-state index contributed by atoms with van der Waals surface area (Å²) in [7, 11) is 3.28. The monoisotopic (exact) mass is 380 g/mol. The Labute approximate surface area is 160 Å². The number of carbonyl (C=O) groups is 2. The lowest BCUT2D eigenvalue weighted by Gasteiger charge is -2.26. The molecule has 1 aliphatic heterocycles. The van der Waals surface area contributed by atoms with Gasteiger partial charge in [-0.15, -0.1) is 0 Å². The maximum absolute atomic E-state index is 12.8. The summed E-state index contributed by atoms with van der Waals surface area (Å²) in [6, 6.07) is 9.11. The second-order valence-corrected chi connectivity index (χ2v) is 7.03. The molecule has 1 aliphatic rings. The highest BCUT2D eigenvalue weighted by atomic mass is 16.5. The Morgan fingerprint density at radius 3 is 2.79 bits per heavy atom. The van der Waals surface area contributed by atoms with E-state index in [1.54, 1.807) is 37.3 Å². The maximum Gasteiger partial charge on any atom is 0.275 e. The average Bonchev–Trinajstić information content (AvgIpc) is 3.12. The predicted molar refractivity (Wildman–Crippen MR) is 102 cm³/mol. The van der Waals surface area contributed by atoms with Crippen LogP contribution >= 0.6 is 0 Å². The van der Waals surface area contributed by atoms with E-state index in [1.807, 2.05) is 18.2 Å². The molecule has 0 atom stereocenters. The molecule has 4 rings (SSSR count). The van der Waals surface area contributed by atoms with E-state index in [9.17, 15) is 14.4 Å². The summed E-state index contributed by atoms with van der Waals surface area (Å²) < 4.78 is 6.70. The quantitative estimate of drug-likeness (QED) is 0.683. The van der Waals surface area contributed by atoms with Crippen molar-refractivity contribution >= 4 is 22.6 Å². The van der Waals surface area contributed by atoms with Gasteiger partial charge < -0.3 is 18.9 Å². The van der Waals surface area contributed by atoms with Crippen LogP contribution in [-0.2, 0) is 24.3 Å². The minimum absolute atomic E-state index is 0.0543. The van der Waals surface area contributed by atoms with E-state index >= 15 is 0 Å². The Balaban J connectivity index is 1.56. The molecule has 2 amide bonds. The third-order valence-corrected chi connectivity index (χ3v) is 4.98. The first kappa shape index (κ1) is 18.0. The van der Waals surface area contributed by atoms with Crippen molar-refractivity contribution < 1.29 is 14.1 Å². The minimum Gasteiger partial charge on any atom is -0.360 e. The van der Waals surface area contributed by atoms with E-state index in [4.69, 9.17) is 4.52 Å². The molecular formula is C20H20N4O4. The van der Waals surface area contributed by atoms with E-state index in [1.165, 1.54) is 9.47 Å². The van der Waals surface area contributed by atoms with Gasteiger partial charge in [-0.1, -0.05) is 23.4 Å². The lowest BCUT2D eigenvalue weighted by Crippen LogP contribution is -2.40. The zero-order valence-corrected chi connectivity index (χ0v) is 15.7. The molecule has 1 aromatic carbocycles. The minimum atomic E-state index is -0.259. The fourth-order valence-electron chi connectivity index (χ4n) is 3.40. The standard InChI is InChI=1S/C20H20N4O4/c1-22(2)20(27)18-15-11-23(10-8-16(15)28-21-18)17(25)12-24-9-7-13-5-3-4-6-14(13)19(24)26/h3-7,9H,8,10-12H2,1-2H3. The van der Waals surface area contributed by atoms with Gasteiger partial charge in [0, 0.05) is 44.2 Å². The van der Waals surface area contributed by atoms with Crippen molar-refractivity contribution in [1.29, 1.82) is 0 Å². The molecule has 3 aromatic rings. The summed E-state index contributed by atoms with van der Waals surface area (Å²) in [5.41, 5.74) is 0.683. The van der Waals surface area contributed by atoms with E-state index in [-0.39, 0.29) is 36.2 Å². The molecule has 0 bridgehead atoms. The first-order valence-corrected chi connectivity index (χ1v) is 9.00. The van der Waals surface area contributed by atoms with Gasteiger partial charge >= 0.3 is 0 Å². The van der Waals surface area contributed by atoms with E-state index in [2.05, 4.69) is 5.16 Å². The number of hydrogen-bond acceptors (Lipinski definition) is 5. The van der Waals surface area contributed by atoms with Gasteiger partial charge in [-0.2, -0.15) is 0 Å². The van der Waals surface area contributed by atoms with Crippen LogP contribution in [0.25, 0.3) is 10.8 Å². The highest BCUT2D eigenvalue weighted by molar-refractivity contribution is 5.93. The Kier molecular flexibility index (Phi) is 4.46. The fourth-order valence-corrected chi connectivity index (χ4v) is 3.40. The summed E-state index contributed by atoms with van der Waals surface area (Å²) in [5.74, 6) is 0.189. The van der Waals surface area contributed by atoms with Gasteiger partial charge in [0.25, 0.3) is 11.5 Å².